The van der Waals surface area contributed by atoms with E-state index in [0.29, 0.717) is 31.1 Å². The predicted octanol–water partition coefficient (Wildman–Crippen LogP) is 0.819. The minimum Gasteiger partial charge on any atom is -0.368 e. The van der Waals surface area contributed by atoms with E-state index in [1.807, 2.05) is 17.0 Å². The van der Waals surface area contributed by atoms with Gasteiger partial charge in [0.1, 0.15) is 0 Å². The molecule has 7 heteroatoms. The lowest BCUT2D eigenvalue weighted by atomic mass is 10.1. The van der Waals surface area contributed by atoms with E-state index in [1.54, 1.807) is 19.1 Å². The summed E-state index contributed by atoms with van der Waals surface area (Å²) in [6.45, 7) is 5.61. The summed E-state index contributed by atoms with van der Waals surface area (Å²) in [4.78, 5) is 13.5. The maximum absolute atomic E-state index is 12.7. The third kappa shape index (κ3) is 4.10. The number of rotatable bonds is 6. The normalized spacial score (nSPS) is 18.7. The number of piperazine rings is 1. The molecule has 2 rings (SSSR count). The maximum atomic E-state index is 12.7. The summed E-state index contributed by atoms with van der Waals surface area (Å²) in [6.07, 6.45) is 1.98. The molecule has 128 valence electrons. The van der Waals surface area contributed by atoms with Crippen LogP contribution in [-0.4, -0.2) is 55.8 Å². The SMILES string of the molecule is CCCc1ccc(S(=O)(=O)N2CCN([C@H](C)C(N)=O)CC2)cc1. The van der Waals surface area contributed by atoms with E-state index in [2.05, 4.69) is 6.92 Å². The molecule has 1 amide bonds. The zero-order chi connectivity index (χ0) is 17.0. The molecule has 0 radical (unpaired) electrons. The molecule has 1 aromatic rings. The van der Waals surface area contributed by atoms with Crippen molar-refractivity contribution in [1.82, 2.24) is 9.21 Å². The number of amides is 1. The summed E-state index contributed by atoms with van der Waals surface area (Å²) in [5.41, 5.74) is 6.45. The zero-order valence-electron chi connectivity index (χ0n) is 13.7. The van der Waals surface area contributed by atoms with Crippen molar-refractivity contribution in [3.8, 4) is 0 Å². The summed E-state index contributed by atoms with van der Waals surface area (Å²) in [7, 11) is -3.47. The van der Waals surface area contributed by atoms with Crippen molar-refractivity contribution in [2.75, 3.05) is 26.2 Å². The fourth-order valence-corrected chi connectivity index (χ4v) is 4.20. The summed E-state index contributed by atoms with van der Waals surface area (Å²) in [6, 6.07) is 6.74. The second-order valence-corrected chi connectivity index (χ2v) is 7.85. The van der Waals surface area contributed by atoms with Gasteiger partial charge in [0.2, 0.25) is 15.9 Å². The highest BCUT2D eigenvalue weighted by Crippen LogP contribution is 2.19. The minimum atomic E-state index is -3.47. The molecule has 1 fully saturated rings. The van der Waals surface area contributed by atoms with Crippen molar-refractivity contribution < 1.29 is 13.2 Å². The quantitative estimate of drug-likeness (QED) is 0.832. The van der Waals surface area contributed by atoms with Gasteiger partial charge in [-0.2, -0.15) is 4.31 Å². The van der Waals surface area contributed by atoms with Gasteiger partial charge in [0.05, 0.1) is 10.9 Å². The van der Waals surface area contributed by atoms with Gasteiger partial charge in [-0.05, 0) is 31.0 Å². The van der Waals surface area contributed by atoms with Crippen molar-refractivity contribution in [3.05, 3.63) is 29.8 Å². The molecule has 1 aromatic carbocycles. The van der Waals surface area contributed by atoms with Crippen molar-refractivity contribution in [3.63, 3.8) is 0 Å². The Bertz CT molecular complexity index is 635. The molecular weight excluding hydrogens is 314 g/mol. The molecule has 2 N–H and O–H groups in total. The van der Waals surface area contributed by atoms with Gasteiger partial charge in [-0.25, -0.2) is 8.42 Å². The third-order valence-corrected chi connectivity index (χ3v) is 6.25. The molecule has 1 saturated heterocycles. The first-order valence-corrected chi connectivity index (χ1v) is 9.42. The van der Waals surface area contributed by atoms with Crippen LogP contribution >= 0.6 is 0 Å². The molecule has 0 unspecified atom stereocenters. The minimum absolute atomic E-state index is 0.328. The lowest BCUT2D eigenvalue weighted by Gasteiger charge is -2.36. The molecule has 1 aliphatic heterocycles. The lowest BCUT2D eigenvalue weighted by molar-refractivity contribution is -0.123. The smallest absolute Gasteiger partial charge is 0.243 e. The molecule has 1 aliphatic rings. The number of carbonyl (C=O) groups is 1. The highest BCUT2D eigenvalue weighted by atomic mass is 32.2. The van der Waals surface area contributed by atoms with Crippen LogP contribution in [0.5, 0.6) is 0 Å². The van der Waals surface area contributed by atoms with Crippen LogP contribution in [0.1, 0.15) is 25.8 Å². The van der Waals surface area contributed by atoms with Gasteiger partial charge in [-0.3, -0.25) is 9.69 Å². The number of hydrogen-bond acceptors (Lipinski definition) is 4. The van der Waals surface area contributed by atoms with Crippen molar-refractivity contribution in [1.29, 1.82) is 0 Å². The Kier molecular flexibility index (Phi) is 5.78. The summed E-state index contributed by atoms with van der Waals surface area (Å²) in [5, 5.41) is 0. The van der Waals surface area contributed by atoms with E-state index >= 15 is 0 Å². The Hall–Kier alpha value is -1.44. The van der Waals surface area contributed by atoms with Crippen molar-refractivity contribution in [2.24, 2.45) is 5.73 Å². The predicted molar refractivity (Wildman–Crippen MR) is 89.4 cm³/mol. The Morgan fingerprint density at radius 1 is 1.17 bits per heavy atom. The van der Waals surface area contributed by atoms with E-state index < -0.39 is 10.0 Å². The summed E-state index contributed by atoms with van der Waals surface area (Å²) < 4.78 is 26.8. The van der Waals surface area contributed by atoms with Crippen LogP contribution in [-0.2, 0) is 21.2 Å². The number of nitrogens with two attached hydrogens (primary N) is 1. The molecular formula is C16H25N3O3S. The van der Waals surface area contributed by atoms with Crippen LogP contribution in [0.4, 0.5) is 0 Å². The average molecular weight is 339 g/mol. The fourth-order valence-electron chi connectivity index (χ4n) is 2.78. The molecule has 1 atom stereocenters. The van der Waals surface area contributed by atoms with Gasteiger partial charge in [0, 0.05) is 26.2 Å². The van der Waals surface area contributed by atoms with E-state index in [9.17, 15) is 13.2 Å². The number of hydrogen-bond donors (Lipinski definition) is 1. The van der Waals surface area contributed by atoms with Crippen molar-refractivity contribution in [2.45, 2.75) is 37.6 Å². The number of sulfonamides is 1. The average Bonchev–Trinajstić information content (AvgIpc) is 2.55. The second kappa shape index (κ2) is 7.42. The first-order valence-electron chi connectivity index (χ1n) is 7.98. The van der Waals surface area contributed by atoms with Gasteiger partial charge in [0.15, 0.2) is 0 Å². The highest BCUT2D eigenvalue weighted by molar-refractivity contribution is 7.89. The molecule has 0 aliphatic carbocycles. The molecule has 0 aromatic heterocycles. The molecule has 6 nitrogen and oxygen atoms in total. The van der Waals surface area contributed by atoms with Crippen LogP contribution in [0.25, 0.3) is 0 Å². The molecule has 23 heavy (non-hydrogen) atoms. The highest BCUT2D eigenvalue weighted by Gasteiger charge is 2.31. The number of aryl methyl sites for hydroxylation is 1. The van der Waals surface area contributed by atoms with Gasteiger partial charge in [-0.15, -0.1) is 0 Å². The maximum Gasteiger partial charge on any atom is 0.243 e. The van der Waals surface area contributed by atoms with Crippen LogP contribution in [0.15, 0.2) is 29.2 Å². The number of benzene rings is 1. The van der Waals surface area contributed by atoms with Gasteiger partial charge in [-0.1, -0.05) is 25.5 Å². The lowest BCUT2D eigenvalue weighted by Crippen LogP contribution is -2.54. The Morgan fingerprint density at radius 3 is 2.22 bits per heavy atom. The van der Waals surface area contributed by atoms with E-state index in [4.69, 9.17) is 5.73 Å². The molecule has 0 spiro atoms. The Labute approximate surface area is 138 Å². The standard InChI is InChI=1S/C16H25N3O3S/c1-3-4-14-5-7-15(8-6-14)23(21,22)19-11-9-18(10-12-19)13(2)16(17)20/h5-8,13H,3-4,9-12H2,1-2H3,(H2,17,20)/t13-/m1/s1. The third-order valence-electron chi connectivity index (χ3n) is 4.33. The second-order valence-electron chi connectivity index (χ2n) is 5.91. The van der Waals surface area contributed by atoms with E-state index in [0.717, 1.165) is 18.4 Å². The van der Waals surface area contributed by atoms with Gasteiger partial charge < -0.3 is 5.73 Å². The Balaban J connectivity index is 2.05. The number of nitrogens with zero attached hydrogens (tertiary/aromatic N) is 2. The zero-order valence-corrected chi connectivity index (χ0v) is 14.6. The number of carbonyl (C=O) groups excluding carboxylic acids is 1. The van der Waals surface area contributed by atoms with E-state index in [1.165, 1.54) is 4.31 Å². The van der Waals surface area contributed by atoms with Gasteiger partial charge >= 0.3 is 0 Å². The van der Waals surface area contributed by atoms with E-state index in [-0.39, 0.29) is 11.9 Å². The molecule has 0 bridgehead atoms. The Morgan fingerprint density at radius 2 is 1.74 bits per heavy atom. The van der Waals surface area contributed by atoms with Crippen LogP contribution < -0.4 is 5.73 Å². The summed E-state index contributed by atoms with van der Waals surface area (Å²) in [5.74, 6) is -0.382. The topological polar surface area (TPSA) is 83.7 Å². The van der Waals surface area contributed by atoms with Crippen LogP contribution in [0.3, 0.4) is 0 Å². The number of primary amides is 1. The first kappa shape index (κ1) is 17.9. The molecule has 1 heterocycles. The van der Waals surface area contributed by atoms with Crippen molar-refractivity contribution >= 4 is 15.9 Å². The van der Waals surface area contributed by atoms with Gasteiger partial charge in [0.25, 0.3) is 0 Å². The summed E-state index contributed by atoms with van der Waals surface area (Å²) >= 11 is 0. The van der Waals surface area contributed by atoms with Crippen LogP contribution in [0.2, 0.25) is 0 Å². The fraction of sp³-hybridized carbons (Fsp3) is 0.562. The first-order chi connectivity index (χ1) is 10.9. The molecule has 0 saturated carbocycles. The van der Waals surface area contributed by atoms with Crippen LogP contribution in [0, 0.1) is 0 Å². The monoisotopic (exact) mass is 339 g/mol. The largest absolute Gasteiger partial charge is 0.368 e.